The van der Waals surface area contributed by atoms with Crippen LogP contribution in [0, 0.1) is 6.92 Å². The van der Waals surface area contributed by atoms with Gasteiger partial charge in [-0.3, -0.25) is 14.9 Å². The Morgan fingerprint density at radius 1 is 0.361 bits per heavy atom. The second kappa shape index (κ2) is 70.7. The number of hydrogen-bond acceptors (Lipinski definition) is 27. The van der Waals surface area contributed by atoms with Gasteiger partial charge in [-0.2, -0.15) is 0 Å². The number of nitrogens with two attached hydrogens (primary N) is 2. The number of aromatic carboxylic acids is 1. The first kappa shape index (κ1) is 144. The van der Waals surface area contributed by atoms with E-state index >= 15 is 0 Å². The van der Waals surface area contributed by atoms with Gasteiger partial charge in [0.25, 0.3) is 11.8 Å². The van der Waals surface area contributed by atoms with Gasteiger partial charge >= 0.3 is 53.6 Å². The van der Waals surface area contributed by atoms with Crippen LogP contribution in [-0.2, 0) is 14.2 Å². The number of alkyl halides is 1. The van der Waals surface area contributed by atoms with E-state index in [0.29, 0.717) is 82.8 Å². The first-order valence-corrected chi connectivity index (χ1v) is 47.5. The van der Waals surface area contributed by atoms with Crippen molar-refractivity contribution in [2.75, 3.05) is 139 Å². The second-order valence-electron chi connectivity index (χ2n) is 39.1. The number of carboxylic acid groups (broad SMARTS) is 1. The van der Waals surface area contributed by atoms with Gasteiger partial charge in [-0.25, -0.2) is 19.2 Å². The molecule has 822 valence electrons. The summed E-state index contributed by atoms with van der Waals surface area (Å²) >= 11 is 5.23. The fourth-order valence-corrected chi connectivity index (χ4v) is 15.1. The maximum Gasteiger partial charge on any atom is 1.00 e. The van der Waals surface area contributed by atoms with E-state index in [4.69, 9.17) is 61.7 Å². The number of rotatable bonds is 27. The van der Waals surface area contributed by atoms with Gasteiger partial charge in [0.1, 0.15) is 64.9 Å². The maximum absolute atomic E-state index is 12.8. The minimum absolute atomic E-state index is 0. The second-order valence-corrected chi connectivity index (χ2v) is 39.3. The number of nitrogen functional groups attached to an aromatic ring is 2. The number of hydrogen-bond donors (Lipinski definition) is 12. The number of carbonyl (C=O) groups excluding carboxylic acids is 5. The average molecular weight is 2150 g/mol. The van der Waals surface area contributed by atoms with Crippen LogP contribution in [0.4, 0.5) is 33.2 Å². The summed E-state index contributed by atoms with van der Waals surface area (Å²) in [4.78, 5) is 79.8. The molecule has 0 aliphatic carbocycles. The molecule has 31 nitrogen and oxygen atoms in total. The SMILES string of the molecule is C.C.C.C.C.CC(C)(O)CCl.CC(C)(O)CN1CCC(Oc2ccc(C(=O)Nc3ccccc3N)cc2)CC1.CC(C)(O)CN1CCC(Oc2ccc(C(=O)Nc3ccccc3NC(=O)OC(C)(C)C)cc2)CC1.CC(C)(O)CN1CCC(Oc2ccc(C(=O)O)cc2)CC1.COC(=O)c1ccc(OC2CCN(CC(C)(C)O)CC2)cc1.COC(=O)c1ccc(OC2CCNCC2)cc1.Cc1ccccc1N.Cl.Cl.Cl.[Na+].[OH-]. The molecule has 5 heterocycles. The van der Waals surface area contributed by atoms with E-state index in [-0.39, 0.29) is 169 Å². The Morgan fingerprint density at radius 3 is 0.837 bits per heavy atom. The third-order valence-corrected chi connectivity index (χ3v) is 22.5. The van der Waals surface area contributed by atoms with Crippen LogP contribution in [0.25, 0.3) is 0 Å². The number of aryl methyl sites for hydroxylation is 1. The first-order chi connectivity index (χ1) is 64.5. The number of esters is 2. The molecule has 5 aliphatic rings. The smallest absolute Gasteiger partial charge is 0.870 e. The van der Waals surface area contributed by atoms with E-state index in [1.54, 1.807) is 168 Å². The van der Waals surface area contributed by atoms with E-state index < -0.39 is 45.7 Å². The molecule has 36 heteroatoms. The summed E-state index contributed by atoms with van der Waals surface area (Å²) in [6.45, 7) is 37.2. The van der Waals surface area contributed by atoms with Gasteiger partial charge < -0.3 is 121 Å². The van der Waals surface area contributed by atoms with Gasteiger partial charge in [-0.05, 0) is 331 Å². The van der Waals surface area contributed by atoms with Crippen molar-refractivity contribution >= 4 is 113 Å². The molecule has 15 N–H and O–H groups in total. The zero-order chi connectivity index (χ0) is 101. The van der Waals surface area contributed by atoms with E-state index in [9.17, 15) is 49.2 Å². The Morgan fingerprint density at radius 2 is 0.599 bits per heavy atom. The number of para-hydroxylation sites is 5. The Bertz CT molecular complexity index is 4950. The number of piperidine rings is 5. The number of ether oxygens (including phenoxy) is 8. The van der Waals surface area contributed by atoms with Crippen LogP contribution in [0.1, 0.15) is 249 Å². The molecule has 5 aliphatic heterocycles. The largest absolute Gasteiger partial charge is 1.00 e. The van der Waals surface area contributed by atoms with E-state index in [0.717, 1.165) is 164 Å². The van der Waals surface area contributed by atoms with Crippen molar-refractivity contribution in [1.82, 2.24) is 24.9 Å². The van der Waals surface area contributed by atoms with Crippen molar-refractivity contribution in [3.05, 3.63) is 228 Å². The van der Waals surface area contributed by atoms with Crippen molar-refractivity contribution in [2.45, 2.75) is 262 Å². The Hall–Kier alpha value is -9.30. The predicted octanol–water partition coefficient (Wildman–Crippen LogP) is 17.6. The van der Waals surface area contributed by atoms with Crippen LogP contribution < -0.4 is 86.0 Å². The number of carbonyl (C=O) groups is 6. The molecule has 0 spiro atoms. The quantitative estimate of drug-likeness (QED) is 0.00748. The average Bonchev–Trinajstić information content (AvgIpc) is 0.849. The Kier molecular flexibility index (Phi) is 69.2. The number of amides is 3. The Balaban J connectivity index is -0.000000838. The molecule has 8 aromatic carbocycles. The van der Waals surface area contributed by atoms with Gasteiger partial charge in [-0.15, -0.1) is 48.8 Å². The zero-order valence-corrected chi connectivity index (χ0v) is 90.6. The number of nitrogens with one attached hydrogen (secondary N) is 4. The van der Waals surface area contributed by atoms with Crippen molar-refractivity contribution < 1.29 is 132 Å². The van der Waals surface area contributed by atoms with E-state index in [2.05, 4.69) is 50.3 Å². The molecule has 8 aromatic rings. The van der Waals surface area contributed by atoms with Crippen molar-refractivity contribution in [1.29, 1.82) is 0 Å². The minimum atomic E-state index is -0.929. The number of halogens is 4. The van der Waals surface area contributed by atoms with Crippen molar-refractivity contribution in [3.63, 3.8) is 0 Å². The van der Waals surface area contributed by atoms with Crippen LogP contribution in [0.3, 0.4) is 0 Å². The summed E-state index contributed by atoms with van der Waals surface area (Å²) < 4.78 is 44.5. The molecule has 147 heavy (non-hydrogen) atoms. The summed E-state index contributed by atoms with van der Waals surface area (Å²) in [5.74, 6) is 1.98. The Labute approximate surface area is 921 Å². The number of carboxylic acids is 1. The first-order valence-electron chi connectivity index (χ1n) is 46.9. The predicted molar refractivity (Wildman–Crippen MR) is 597 cm³/mol. The number of methoxy groups -OCH3 is 2. The molecule has 3 amide bonds. The van der Waals surface area contributed by atoms with Crippen LogP contribution in [-0.4, -0.2) is 267 Å². The number of benzene rings is 8. The summed E-state index contributed by atoms with van der Waals surface area (Å²) in [7, 11) is 2.75. The van der Waals surface area contributed by atoms with Crippen LogP contribution in [0.2, 0.25) is 0 Å². The fourth-order valence-electron chi connectivity index (χ4n) is 15.1. The topological polar surface area (TPSA) is 441 Å². The summed E-state index contributed by atoms with van der Waals surface area (Å²) in [6.07, 6.45) is 9.67. The standard InChI is InChI=1S/C27H37N3O5.C22H29N3O3.C17H25NO4.C16H23NO4.C13H17NO3.C7H9N.C4H9ClO.5CH4.3ClH.Na.H2O/c1-26(2,3)35-25(32)29-23-9-7-6-8-22(23)28-24(31)19-10-12-20(13-11-19)34-21-14-16-30(17-15-21)18-27(4,5)33;1-22(2,27)15-25-13-11-18(12-14-25)28-17-9-7-16(8-10-17)21(26)24-20-6-4-3-5-19(20)23;1-17(2,20)12-18-10-8-15(9-11-18)22-14-6-4-13(5-7-14)16(19)21-3;1-16(2,20)11-17-9-7-14(8-10-17)21-13-5-3-12(4-6-13)15(18)19;1-16-13(15)10-2-4-11(5-3-10)17-12-6-8-14-9-7-12;1-6-4-2-3-5-7(6)8;1-4(2,6)3-5;;;;;;;;;;/h6-13,21,33H,14-18H2,1-5H3,(H,28,31)(H,29,32);3-10,18,27H,11-15,23H2,1-2H3,(H,24,26);4-7,15,20H,8-12H2,1-3H3;3-6,14,20H,7-11H2,1-2H3,(H,18,19);2-5,12,14H,6-9H2,1H3;2-5H,8H2,1H3;6H,3H2,1-2H3;5*1H4;3*1H;;1H2/q;;;;;;;;;;;;;;;+1;/p-1. The zero-order valence-electron chi connectivity index (χ0n) is 85.4. The summed E-state index contributed by atoms with van der Waals surface area (Å²) in [6, 6.07) is 56.8. The molecule has 5 fully saturated rings. The number of likely N-dealkylation sites (tertiary alicyclic amines) is 4. The number of anilines is 5. The van der Waals surface area contributed by atoms with E-state index in [1.807, 2.05) is 123 Å². The maximum atomic E-state index is 12.8. The van der Waals surface area contributed by atoms with Crippen LogP contribution in [0.5, 0.6) is 28.7 Å². The normalized spacial score (nSPS) is 14.7. The van der Waals surface area contributed by atoms with Crippen LogP contribution >= 0.6 is 48.8 Å². The molecule has 0 bridgehead atoms. The molecule has 13 rings (SSSR count). The van der Waals surface area contributed by atoms with Gasteiger partial charge in [-0.1, -0.05) is 79.6 Å². The van der Waals surface area contributed by atoms with E-state index in [1.165, 1.54) is 14.2 Å². The number of β-amino-alcohol motifs (C(OH)–C–C–N with tert-alkyl or cyclic N) is 4. The molecule has 0 atom stereocenters. The molecule has 0 radical (unpaired) electrons. The van der Waals surface area contributed by atoms with Crippen LogP contribution in [0.15, 0.2) is 194 Å². The molecule has 5 saturated heterocycles. The molecule has 0 saturated carbocycles. The third-order valence-electron chi connectivity index (χ3n) is 21.8. The number of nitrogens with zero attached hydrogens (tertiary/aromatic N) is 4. The molecule has 0 aromatic heterocycles. The minimum Gasteiger partial charge on any atom is -0.870 e. The third kappa shape index (κ3) is 58.6. The van der Waals surface area contributed by atoms with Gasteiger partial charge in [0.05, 0.1) is 87.5 Å². The molecular formula is C111H173Cl4N10NaO21. The molecule has 0 unspecified atom stereocenters. The van der Waals surface area contributed by atoms with Crippen molar-refractivity contribution in [2.24, 2.45) is 0 Å². The molecular weight excluding hydrogens is 1970 g/mol. The number of aliphatic hydroxyl groups is 5. The monoisotopic (exact) mass is 2150 g/mol. The summed E-state index contributed by atoms with van der Waals surface area (Å²) in [5.41, 5.74) is 13.8. The summed E-state index contributed by atoms with van der Waals surface area (Å²) in [5, 5.41) is 68.8. The van der Waals surface area contributed by atoms with Gasteiger partial charge in [0, 0.05) is 95.4 Å². The van der Waals surface area contributed by atoms with Gasteiger partial charge in [0.2, 0.25) is 0 Å². The van der Waals surface area contributed by atoms with Crippen molar-refractivity contribution in [3.8, 4) is 28.7 Å². The fraction of sp³-hybridized carbons (Fsp3) is 0.514. The van der Waals surface area contributed by atoms with Gasteiger partial charge in [0.15, 0.2) is 0 Å².